The zero-order valence-corrected chi connectivity index (χ0v) is 30.5. The van der Waals surface area contributed by atoms with E-state index in [1.807, 2.05) is 72.1 Å². The molecule has 0 spiro atoms. The van der Waals surface area contributed by atoms with Crippen molar-refractivity contribution in [3.05, 3.63) is 142 Å². The molecule has 282 valence electrons. The standard InChI is InChI=1S/C42H40N4O8S/c47-31-16-10-27(11-17-31)22-35-40(50)46-37(42(52)53)23-28-12-18-32(19-13-28)54-25-38(48)43-36(24-33-7-4-20-55-33)41(51)45-34(39(49)44-35)21-26-8-14-30(15-9-26)29-5-2-1-3-6-29/h1-20,34-37,47H,21-25H2,(H,43,48)(H,44,49)(H,45,51)(H,46,50)(H,52,53)/t34-,35-,36-,37-/m0/s1. The van der Waals surface area contributed by atoms with Gasteiger partial charge in [0.1, 0.15) is 35.7 Å². The number of carbonyl (C=O) groups excluding carboxylic acids is 4. The number of amides is 4. The highest BCUT2D eigenvalue weighted by atomic mass is 32.1. The molecule has 1 aromatic heterocycles. The summed E-state index contributed by atoms with van der Waals surface area (Å²) in [7, 11) is 0. The molecular weight excluding hydrogens is 721 g/mol. The monoisotopic (exact) mass is 760 g/mol. The number of phenols is 1. The Hall–Kier alpha value is -6.47. The first kappa shape index (κ1) is 38.3. The number of nitrogens with one attached hydrogen (secondary N) is 4. The number of fused-ring (bicyclic) bond motifs is 16. The fourth-order valence-corrected chi connectivity index (χ4v) is 6.94. The molecule has 12 nitrogen and oxygen atoms in total. The van der Waals surface area contributed by atoms with Crippen molar-refractivity contribution in [2.75, 3.05) is 6.61 Å². The summed E-state index contributed by atoms with van der Waals surface area (Å²) in [5.74, 6) is -3.59. The number of carbonyl (C=O) groups is 5. The maximum atomic E-state index is 14.3. The Labute approximate surface area is 321 Å². The normalized spacial score (nSPS) is 19.7. The number of hydrogen-bond donors (Lipinski definition) is 6. The predicted molar refractivity (Wildman–Crippen MR) is 206 cm³/mol. The summed E-state index contributed by atoms with van der Waals surface area (Å²) < 4.78 is 5.68. The van der Waals surface area contributed by atoms with E-state index in [1.165, 1.54) is 23.5 Å². The molecule has 2 aliphatic heterocycles. The second-order valence-electron chi connectivity index (χ2n) is 13.2. The number of hydrogen-bond acceptors (Lipinski definition) is 8. The number of benzene rings is 4. The highest BCUT2D eigenvalue weighted by Crippen LogP contribution is 2.21. The SMILES string of the molecule is O=C1COc2ccc(cc2)C[C@@H](C(=O)O)NC(=O)[C@H](Cc2ccc(O)cc2)NC(=O)[C@H](Cc2ccc(-c3ccccc3)cc2)NC(=O)[C@H](Cc2cccs2)N1. The van der Waals surface area contributed by atoms with Crippen molar-refractivity contribution in [3.63, 3.8) is 0 Å². The predicted octanol–water partition coefficient (Wildman–Crippen LogP) is 3.81. The minimum atomic E-state index is -1.36. The van der Waals surface area contributed by atoms with E-state index < -0.39 is 60.4 Å². The molecule has 13 heteroatoms. The van der Waals surface area contributed by atoms with Gasteiger partial charge < -0.3 is 36.2 Å². The van der Waals surface area contributed by atoms with Gasteiger partial charge in [0.25, 0.3) is 5.91 Å². The molecule has 6 N–H and O–H groups in total. The first-order chi connectivity index (χ1) is 26.6. The average molecular weight is 761 g/mol. The summed E-state index contributed by atoms with van der Waals surface area (Å²) in [6, 6.07) is 28.5. The van der Waals surface area contributed by atoms with Crippen molar-refractivity contribution in [3.8, 4) is 22.6 Å². The number of aromatic hydroxyl groups is 1. The average Bonchev–Trinajstić information content (AvgIpc) is 3.71. The Balaban J connectivity index is 1.34. The van der Waals surface area contributed by atoms with E-state index in [9.17, 15) is 34.2 Å². The third-order valence-electron chi connectivity index (χ3n) is 9.13. The van der Waals surface area contributed by atoms with E-state index >= 15 is 0 Å². The highest BCUT2D eigenvalue weighted by Gasteiger charge is 2.32. The zero-order valence-electron chi connectivity index (χ0n) is 29.6. The van der Waals surface area contributed by atoms with Gasteiger partial charge in [0.05, 0.1) is 0 Å². The largest absolute Gasteiger partial charge is 0.508 e. The summed E-state index contributed by atoms with van der Waals surface area (Å²) in [6.07, 6.45) is 0.0325. The van der Waals surface area contributed by atoms with Crippen LogP contribution >= 0.6 is 11.3 Å². The van der Waals surface area contributed by atoms with Crippen LogP contribution in [0.1, 0.15) is 21.6 Å². The molecule has 5 aromatic rings. The van der Waals surface area contributed by atoms with Crippen LogP contribution in [0.2, 0.25) is 0 Å². The van der Waals surface area contributed by atoms with Crippen molar-refractivity contribution in [2.24, 2.45) is 0 Å². The minimum Gasteiger partial charge on any atom is -0.508 e. The topological polar surface area (TPSA) is 183 Å². The molecule has 55 heavy (non-hydrogen) atoms. The second kappa shape index (κ2) is 18.0. The van der Waals surface area contributed by atoms with Crippen molar-refractivity contribution in [2.45, 2.75) is 49.9 Å². The summed E-state index contributed by atoms with van der Waals surface area (Å²) in [5.41, 5.74) is 3.82. The van der Waals surface area contributed by atoms with Crippen LogP contribution in [0.25, 0.3) is 11.1 Å². The molecule has 0 aliphatic carbocycles. The van der Waals surface area contributed by atoms with Crippen LogP contribution in [0.5, 0.6) is 11.5 Å². The van der Waals surface area contributed by atoms with Gasteiger partial charge in [-0.1, -0.05) is 84.9 Å². The molecule has 4 aromatic carbocycles. The lowest BCUT2D eigenvalue weighted by atomic mass is 9.99. The smallest absolute Gasteiger partial charge is 0.326 e. The molecule has 4 amide bonds. The van der Waals surface area contributed by atoms with Gasteiger partial charge in [0, 0.05) is 30.6 Å². The fraction of sp³-hybridized carbons (Fsp3) is 0.214. The van der Waals surface area contributed by atoms with Crippen LogP contribution in [0.3, 0.4) is 0 Å². The van der Waals surface area contributed by atoms with Crippen molar-refractivity contribution in [1.29, 1.82) is 0 Å². The molecule has 0 saturated heterocycles. The Morgan fingerprint density at radius 1 is 0.636 bits per heavy atom. The maximum absolute atomic E-state index is 14.3. The van der Waals surface area contributed by atoms with Crippen LogP contribution < -0.4 is 26.0 Å². The Bertz CT molecular complexity index is 2090. The summed E-state index contributed by atoms with van der Waals surface area (Å²) >= 11 is 1.41. The van der Waals surface area contributed by atoms with Crippen molar-refractivity contribution < 1.29 is 38.9 Å². The van der Waals surface area contributed by atoms with Crippen LogP contribution in [0, 0.1) is 0 Å². The zero-order chi connectivity index (χ0) is 38.7. The molecule has 3 heterocycles. The van der Waals surface area contributed by atoms with E-state index in [0.29, 0.717) is 22.4 Å². The molecule has 0 saturated carbocycles. The first-order valence-electron chi connectivity index (χ1n) is 17.7. The summed E-state index contributed by atoms with van der Waals surface area (Å²) in [4.78, 5) is 68.7. The number of phenolic OH excluding ortho intramolecular Hbond substituents is 1. The number of carboxylic acids is 1. The third-order valence-corrected chi connectivity index (χ3v) is 10.0. The molecule has 0 unspecified atom stereocenters. The number of aliphatic carboxylic acids is 1. The van der Waals surface area contributed by atoms with Crippen molar-refractivity contribution >= 4 is 40.9 Å². The molecular formula is C42H40N4O8S. The molecule has 7 rings (SSSR count). The third kappa shape index (κ3) is 10.8. The maximum Gasteiger partial charge on any atom is 0.326 e. The van der Waals surface area contributed by atoms with Crippen LogP contribution in [0.15, 0.2) is 121 Å². The second-order valence-corrected chi connectivity index (χ2v) is 14.2. The summed E-state index contributed by atoms with van der Waals surface area (Å²) in [5, 5.41) is 32.7. The minimum absolute atomic E-state index is 0.00496. The van der Waals surface area contributed by atoms with Gasteiger partial charge >= 0.3 is 5.97 Å². The van der Waals surface area contributed by atoms with E-state index in [1.54, 1.807) is 36.4 Å². The van der Waals surface area contributed by atoms with E-state index in [2.05, 4.69) is 21.3 Å². The Morgan fingerprint density at radius 3 is 1.78 bits per heavy atom. The summed E-state index contributed by atoms with van der Waals surface area (Å²) in [6.45, 7) is -0.405. The van der Waals surface area contributed by atoms with E-state index in [-0.39, 0.29) is 31.4 Å². The van der Waals surface area contributed by atoms with Crippen LogP contribution in [-0.4, -0.2) is 70.6 Å². The van der Waals surface area contributed by atoms with Gasteiger partial charge in [0.15, 0.2) is 6.61 Å². The van der Waals surface area contributed by atoms with Gasteiger partial charge in [-0.2, -0.15) is 0 Å². The van der Waals surface area contributed by atoms with E-state index in [0.717, 1.165) is 16.0 Å². The molecule has 4 atom stereocenters. The van der Waals surface area contributed by atoms with Gasteiger partial charge in [-0.25, -0.2) is 4.79 Å². The number of thiophene rings is 1. The van der Waals surface area contributed by atoms with E-state index in [4.69, 9.17) is 4.74 Å². The van der Waals surface area contributed by atoms with Gasteiger partial charge in [-0.15, -0.1) is 11.3 Å². The molecule has 2 bridgehead atoms. The molecule has 0 fully saturated rings. The van der Waals surface area contributed by atoms with Gasteiger partial charge in [0.2, 0.25) is 17.7 Å². The first-order valence-corrected chi connectivity index (χ1v) is 18.6. The number of rotatable bonds is 8. The van der Waals surface area contributed by atoms with Gasteiger partial charge in [-0.3, -0.25) is 19.2 Å². The quantitative estimate of drug-likeness (QED) is 0.129. The van der Waals surface area contributed by atoms with Crippen molar-refractivity contribution in [1.82, 2.24) is 21.3 Å². The lowest BCUT2D eigenvalue weighted by molar-refractivity contribution is -0.142. The number of ether oxygens (including phenoxy) is 1. The number of carboxylic acid groups (broad SMARTS) is 1. The molecule has 2 aliphatic rings. The lowest BCUT2D eigenvalue weighted by Gasteiger charge is -2.26. The van der Waals surface area contributed by atoms with Gasteiger partial charge in [-0.05, 0) is 63.5 Å². The highest BCUT2D eigenvalue weighted by molar-refractivity contribution is 7.09. The Kier molecular flexibility index (Phi) is 12.5. The Morgan fingerprint density at radius 2 is 1.20 bits per heavy atom. The lowest BCUT2D eigenvalue weighted by Crippen LogP contribution is -2.59. The fourth-order valence-electron chi connectivity index (χ4n) is 6.18. The van der Waals surface area contributed by atoms with Crippen LogP contribution in [0.4, 0.5) is 0 Å². The van der Waals surface area contributed by atoms with Crippen LogP contribution in [-0.2, 0) is 49.7 Å². The molecule has 0 radical (unpaired) electrons.